The van der Waals surface area contributed by atoms with Gasteiger partial charge in [-0.3, -0.25) is 9.59 Å². The zero-order valence-electron chi connectivity index (χ0n) is 11.0. The summed E-state index contributed by atoms with van der Waals surface area (Å²) in [7, 11) is 3.65. The van der Waals surface area contributed by atoms with Gasteiger partial charge < -0.3 is 14.7 Å². The second-order valence-electron chi connectivity index (χ2n) is 5.20. The first-order valence-electron chi connectivity index (χ1n) is 6.24. The average molecular weight is 247 g/mol. The number of ketones is 2. The van der Waals surface area contributed by atoms with Gasteiger partial charge in [0.25, 0.3) is 0 Å². The fourth-order valence-electron chi connectivity index (χ4n) is 2.42. The van der Waals surface area contributed by atoms with Crippen LogP contribution >= 0.6 is 0 Å². The van der Waals surface area contributed by atoms with Crippen molar-refractivity contribution in [2.75, 3.05) is 40.3 Å². The monoisotopic (exact) mass is 247 g/mol. The van der Waals surface area contributed by atoms with E-state index in [4.69, 9.17) is 0 Å². The minimum Gasteiger partial charge on any atom is -0.373 e. The molecule has 0 saturated carbocycles. The van der Waals surface area contributed by atoms with E-state index in [0.717, 1.165) is 26.2 Å². The number of carbonyl (C=O) groups is 2. The van der Waals surface area contributed by atoms with Crippen LogP contribution in [0.5, 0.6) is 0 Å². The van der Waals surface area contributed by atoms with Crippen LogP contribution in [0.25, 0.3) is 0 Å². The van der Waals surface area contributed by atoms with Gasteiger partial charge in [-0.1, -0.05) is 0 Å². The predicted molar refractivity (Wildman–Crippen MR) is 66.6 cm³/mol. The van der Waals surface area contributed by atoms with Gasteiger partial charge in [-0.05, 0) is 6.92 Å². The first-order chi connectivity index (χ1) is 8.52. The molecule has 0 unspecified atom stereocenters. The van der Waals surface area contributed by atoms with E-state index >= 15 is 0 Å². The predicted octanol–water partition coefficient (Wildman–Crippen LogP) is -0.183. The maximum Gasteiger partial charge on any atom is 0.227 e. The first-order valence-corrected chi connectivity index (χ1v) is 6.24. The number of rotatable bonds is 3. The Kier molecular flexibility index (Phi) is 2.27. The van der Waals surface area contributed by atoms with E-state index in [1.165, 1.54) is 0 Å². The van der Waals surface area contributed by atoms with Gasteiger partial charge in [0.05, 0.1) is 5.70 Å². The Morgan fingerprint density at radius 3 is 1.83 bits per heavy atom. The second kappa shape index (κ2) is 3.60. The van der Waals surface area contributed by atoms with Crippen molar-refractivity contribution in [3.63, 3.8) is 0 Å². The number of Topliss-reactive ketones (excluding diaryl/α,β-unsaturated/α-hetero) is 2. The first kappa shape index (κ1) is 11.3. The van der Waals surface area contributed by atoms with Crippen molar-refractivity contribution in [2.24, 2.45) is 0 Å². The molecular formula is C13H17N3O2. The highest BCUT2D eigenvalue weighted by Crippen LogP contribution is 2.34. The van der Waals surface area contributed by atoms with Crippen LogP contribution < -0.4 is 0 Å². The van der Waals surface area contributed by atoms with Crippen molar-refractivity contribution >= 4 is 11.6 Å². The molecule has 0 aromatic carbocycles. The minimum atomic E-state index is -0.00324. The Morgan fingerprint density at radius 1 is 0.889 bits per heavy atom. The summed E-state index contributed by atoms with van der Waals surface area (Å²) < 4.78 is 0. The molecule has 0 aromatic heterocycles. The molecule has 2 heterocycles. The summed E-state index contributed by atoms with van der Waals surface area (Å²) in [4.78, 5) is 30.7. The lowest BCUT2D eigenvalue weighted by Gasteiger charge is -2.27. The van der Waals surface area contributed by atoms with Crippen molar-refractivity contribution in [1.82, 2.24) is 14.7 Å². The van der Waals surface area contributed by atoms with Gasteiger partial charge in [0.15, 0.2) is 0 Å². The number of hydrogen-bond acceptors (Lipinski definition) is 5. The lowest BCUT2D eigenvalue weighted by Crippen LogP contribution is -2.35. The van der Waals surface area contributed by atoms with Gasteiger partial charge in [0.1, 0.15) is 11.4 Å². The normalized spacial score (nSPS) is 23.1. The minimum absolute atomic E-state index is 0.00324. The lowest BCUT2D eigenvalue weighted by molar-refractivity contribution is -0.118. The largest absolute Gasteiger partial charge is 0.373 e. The molecule has 0 aromatic rings. The molecule has 96 valence electrons. The molecule has 2 aliphatic heterocycles. The molecule has 3 aliphatic rings. The van der Waals surface area contributed by atoms with Crippen LogP contribution in [0.15, 0.2) is 22.7 Å². The van der Waals surface area contributed by atoms with Crippen molar-refractivity contribution in [3.8, 4) is 0 Å². The molecule has 1 aliphatic carbocycles. The summed E-state index contributed by atoms with van der Waals surface area (Å²) in [5.74, 6) is 0.00852. The van der Waals surface area contributed by atoms with Gasteiger partial charge in [0, 0.05) is 45.8 Å². The topological polar surface area (TPSA) is 43.4 Å². The van der Waals surface area contributed by atoms with Crippen LogP contribution in [0.3, 0.4) is 0 Å². The van der Waals surface area contributed by atoms with E-state index in [2.05, 4.69) is 0 Å². The number of allylic oxidation sites excluding steroid dienone is 1. The Morgan fingerprint density at radius 2 is 1.39 bits per heavy atom. The molecule has 2 fully saturated rings. The van der Waals surface area contributed by atoms with Crippen LogP contribution in [0.2, 0.25) is 0 Å². The zero-order chi connectivity index (χ0) is 13.0. The van der Waals surface area contributed by atoms with E-state index in [1.807, 2.05) is 23.9 Å². The summed E-state index contributed by atoms with van der Waals surface area (Å²) >= 11 is 0. The van der Waals surface area contributed by atoms with Crippen molar-refractivity contribution in [1.29, 1.82) is 0 Å². The third-order valence-electron chi connectivity index (χ3n) is 3.54. The summed E-state index contributed by atoms with van der Waals surface area (Å²) in [5, 5.41) is 0. The highest BCUT2D eigenvalue weighted by atomic mass is 16.1. The Bertz CT molecular complexity index is 508. The molecule has 0 atom stereocenters. The average Bonchev–Trinajstić information content (AvgIpc) is 3.13. The summed E-state index contributed by atoms with van der Waals surface area (Å²) in [6.45, 7) is 5.27. The Hall–Kier alpha value is -1.78. The van der Waals surface area contributed by atoms with Crippen LogP contribution in [0.1, 0.15) is 6.92 Å². The lowest BCUT2D eigenvalue weighted by atomic mass is 9.95. The van der Waals surface area contributed by atoms with E-state index in [-0.39, 0.29) is 11.6 Å². The number of hydrogen-bond donors (Lipinski definition) is 0. The van der Waals surface area contributed by atoms with Crippen molar-refractivity contribution in [2.45, 2.75) is 6.92 Å². The summed E-state index contributed by atoms with van der Waals surface area (Å²) in [6.07, 6.45) is 0. The van der Waals surface area contributed by atoms with Gasteiger partial charge >= 0.3 is 0 Å². The molecule has 18 heavy (non-hydrogen) atoms. The quantitative estimate of drug-likeness (QED) is 0.511. The Balaban J connectivity index is 2.10. The molecule has 5 heteroatoms. The van der Waals surface area contributed by atoms with Crippen LogP contribution in [-0.4, -0.2) is 66.5 Å². The molecule has 3 rings (SSSR count). The van der Waals surface area contributed by atoms with Gasteiger partial charge in [0.2, 0.25) is 11.6 Å². The van der Waals surface area contributed by atoms with Crippen LogP contribution in [-0.2, 0) is 9.59 Å². The fraction of sp³-hybridized carbons (Fsp3) is 0.538. The summed E-state index contributed by atoms with van der Waals surface area (Å²) in [5.41, 5.74) is 2.34. The van der Waals surface area contributed by atoms with Crippen LogP contribution in [0, 0.1) is 0 Å². The molecule has 0 spiro atoms. The zero-order valence-corrected chi connectivity index (χ0v) is 11.0. The van der Waals surface area contributed by atoms with Crippen molar-refractivity contribution < 1.29 is 9.59 Å². The van der Waals surface area contributed by atoms with E-state index in [0.29, 0.717) is 22.7 Å². The van der Waals surface area contributed by atoms with Gasteiger partial charge in [-0.25, -0.2) is 0 Å². The molecule has 0 N–H and O–H groups in total. The maximum absolute atomic E-state index is 12.6. The molecule has 2 saturated heterocycles. The number of carbonyl (C=O) groups excluding carboxylic acids is 2. The van der Waals surface area contributed by atoms with E-state index in [9.17, 15) is 9.59 Å². The maximum atomic E-state index is 12.6. The molecule has 0 radical (unpaired) electrons. The van der Waals surface area contributed by atoms with E-state index < -0.39 is 0 Å². The molecule has 5 nitrogen and oxygen atoms in total. The summed E-state index contributed by atoms with van der Waals surface area (Å²) in [6, 6.07) is 0. The molecule has 0 amide bonds. The number of nitrogens with zero attached hydrogens (tertiary/aromatic N) is 3. The standard InChI is InChI=1S/C13H17N3O2/c1-8-9(15-4-5-15)13(18)10(14(2)3)11(12(8)17)16-6-7-16/h4-7H2,1-3H3. The van der Waals surface area contributed by atoms with Crippen molar-refractivity contribution in [3.05, 3.63) is 22.7 Å². The smallest absolute Gasteiger partial charge is 0.227 e. The van der Waals surface area contributed by atoms with Crippen LogP contribution in [0.4, 0.5) is 0 Å². The molecule has 0 bridgehead atoms. The molecular weight excluding hydrogens is 230 g/mol. The highest BCUT2D eigenvalue weighted by molar-refractivity contribution is 6.24. The highest BCUT2D eigenvalue weighted by Gasteiger charge is 2.42. The van der Waals surface area contributed by atoms with E-state index in [1.54, 1.807) is 11.8 Å². The van der Waals surface area contributed by atoms with Gasteiger partial charge in [-0.15, -0.1) is 0 Å². The Labute approximate surface area is 106 Å². The van der Waals surface area contributed by atoms with Gasteiger partial charge in [-0.2, -0.15) is 0 Å². The SMILES string of the molecule is CC1=C(N2CC2)C(=O)C(N(C)C)=C(N2CC2)C1=O. The fourth-order valence-corrected chi connectivity index (χ4v) is 2.42. The number of likely N-dealkylation sites (N-methyl/N-ethyl adjacent to an activating group) is 1. The second-order valence-corrected chi connectivity index (χ2v) is 5.20. The third kappa shape index (κ3) is 1.54. The third-order valence-corrected chi connectivity index (χ3v) is 3.54.